The van der Waals surface area contributed by atoms with Crippen molar-refractivity contribution in [2.45, 2.75) is 13.3 Å². The molecule has 5 aliphatic rings. The smallest absolute Gasteiger partial charge is 0.338 e. The summed E-state index contributed by atoms with van der Waals surface area (Å²) in [5, 5.41) is 2.69. The van der Waals surface area contributed by atoms with E-state index in [1.54, 1.807) is 31.2 Å². The Kier molecular flexibility index (Phi) is 4.08. The van der Waals surface area contributed by atoms with Crippen LogP contribution in [0.4, 0.5) is 5.69 Å². The zero-order valence-electron chi connectivity index (χ0n) is 16.0. The van der Waals surface area contributed by atoms with E-state index in [1.165, 1.54) is 0 Å². The maximum Gasteiger partial charge on any atom is 0.338 e. The first-order chi connectivity index (χ1) is 14.0. The molecule has 2 bridgehead atoms. The quantitative estimate of drug-likeness (QED) is 0.467. The number of allylic oxidation sites excluding steroid dienone is 2. The van der Waals surface area contributed by atoms with Gasteiger partial charge in [-0.2, -0.15) is 0 Å². The number of rotatable bonds is 5. The van der Waals surface area contributed by atoms with Crippen LogP contribution in [0.15, 0.2) is 36.4 Å². The van der Waals surface area contributed by atoms with Gasteiger partial charge in [-0.25, -0.2) is 4.79 Å². The number of carbonyl (C=O) groups is 4. The number of benzene rings is 1. The molecule has 1 aliphatic heterocycles. The highest BCUT2D eigenvalue weighted by molar-refractivity contribution is 6.09. The fraction of sp³-hybridized carbons (Fsp3) is 0.455. The van der Waals surface area contributed by atoms with E-state index >= 15 is 0 Å². The number of nitrogens with zero attached hydrogens (tertiary/aromatic N) is 1. The molecule has 7 heteroatoms. The standard InChI is InChI=1S/C22H22N2O5/c1-2-29-22(28)11-3-5-12(6-4-11)23-17(25)10-24-20(26)18-13-7-8-14(16-9-15(13)16)19(18)21(24)27/h3-8,13-16,18-19H,2,9-10H2,1H3,(H,23,25)/t13-,14-,15+,16+,18+,19+/m1/s1. The number of likely N-dealkylation sites (tertiary alicyclic amines) is 1. The summed E-state index contributed by atoms with van der Waals surface area (Å²) < 4.78 is 4.93. The van der Waals surface area contributed by atoms with Crippen molar-refractivity contribution in [2.24, 2.45) is 35.5 Å². The van der Waals surface area contributed by atoms with Crippen molar-refractivity contribution in [1.82, 2.24) is 4.90 Å². The highest BCUT2D eigenvalue weighted by Crippen LogP contribution is 2.65. The number of esters is 1. The predicted molar refractivity (Wildman–Crippen MR) is 102 cm³/mol. The summed E-state index contributed by atoms with van der Waals surface area (Å²) >= 11 is 0. The van der Waals surface area contributed by atoms with E-state index < -0.39 is 11.9 Å². The van der Waals surface area contributed by atoms with E-state index in [-0.39, 0.29) is 48.6 Å². The summed E-state index contributed by atoms with van der Waals surface area (Å²) in [7, 11) is 0. The summed E-state index contributed by atoms with van der Waals surface area (Å²) in [4.78, 5) is 51.1. The summed E-state index contributed by atoms with van der Waals surface area (Å²) in [6, 6.07) is 6.30. The molecule has 1 heterocycles. The Bertz CT molecular complexity index is 901. The number of anilines is 1. The number of carbonyl (C=O) groups excluding carboxylic acids is 4. The second-order valence-electron chi connectivity index (χ2n) is 8.26. The number of hydrogen-bond acceptors (Lipinski definition) is 5. The topological polar surface area (TPSA) is 92.8 Å². The maximum absolute atomic E-state index is 12.9. The van der Waals surface area contributed by atoms with Crippen LogP contribution in [0.3, 0.4) is 0 Å². The van der Waals surface area contributed by atoms with Crippen molar-refractivity contribution < 1.29 is 23.9 Å². The maximum atomic E-state index is 12.9. The number of amides is 3. The monoisotopic (exact) mass is 394 g/mol. The lowest BCUT2D eigenvalue weighted by Crippen LogP contribution is -2.40. The van der Waals surface area contributed by atoms with Crippen molar-refractivity contribution in [3.8, 4) is 0 Å². The molecule has 4 aliphatic carbocycles. The summed E-state index contributed by atoms with van der Waals surface area (Å²) in [5.41, 5.74) is 0.878. The zero-order valence-corrected chi connectivity index (χ0v) is 16.0. The molecule has 1 saturated heterocycles. The van der Waals surface area contributed by atoms with Crippen molar-refractivity contribution in [2.75, 3.05) is 18.5 Å². The summed E-state index contributed by atoms with van der Waals surface area (Å²) in [6.07, 6.45) is 5.33. The van der Waals surface area contributed by atoms with Crippen LogP contribution >= 0.6 is 0 Å². The molecule has 29 heavy (non-hydrogen) atoms. The second kappa shape index (κ2) is 6.54. The first-order valence-electron chi connectivity index (χ1n) is 10.1. The SMILES string of the molecule is CCOC(=O)c1ccc(NC(=O)CN2C(=O)[C@H]3[C@@H]4C=C[C@H]([C@@H]5C[C@@H]45)[C@@H]3C2=O)cc1. The molecule has 1 aromatic rings. The van der Waals surface area contributed by atoms with Crippen LogP contribution in [0.2, 0.25) is 0 Å². The molecular weight excluding hydrogens is 372 g/mol. The molecular formula is C22H22N2O5. The molecule has 1 aromatic carbocycles. The van der Waals surface area contributed by atoms with Gasteiger partial charge in [-0.15, -0.1) is 0 Å². The fourth-order valence-corrected chi connectivity index (χ4v) is 5.42. The van der Waals surface area contributed by atoms with Crippen molar-refractivity contribution in [3.63, 3.8) is 0 Å². The highest BCUT2D eigenvalue weighted by Gasteiger charge is 2.67. The predicted octanol–water partition coefficient (Wildman–Crippen LogP) is 1.85. The van der Waals surface area contributed by atoms with Gasteiger partial charge in [-0.1, -0.05) is 12.2 Å². The van der Waals surface area contributed by atoms with Gasteiger partial charge < -0.3 is 10.1 Å². The van der Waals surface area contributed by atoms with E-state index in [0.29, 0.717) is 23.1 Å². The highest BCUT2D eigenvalue weighted by atomic mass is 16.5. The van der Waals surface area contributed by atoms with Crippen LogP contribution in [0.1, 0.15) is 23.7 Å². The van der Waals surface area contributed by atoms with Crippen molar-refractivity contribution >= 4 is 29.4 Å². The largest absolute Gasteiger partial charge is 0.462 e. The second-order valence-corrected chi connectivity index (χ2v) is 8.26. The lowest BCUT2D eigenvalue weighted by Gasteiger charge is -2.37. The molecule has 3 fully saturated rings. The molecule has 7 nitrogen and oxygen atoms in total. The first-order valence-corrected chi connectivity index (χ1v) is 10.1. The van der Waals surface area contributed by atoms with Crippen molar-refractivity contribution in [1.29, 1.82) is 0 Å². The third-order valence-electron chi connectivity index (χ3n) is 6.74. The Morgan fingerprint density at radius 3 is 2.17 bits per heavy atom. The average molecular weight is 394 g/mol. The Morgan fingerprint density at radius 1 is 1.03 bits per heavy atom. The van der Waals surface area contributed by atoms with Crippen LogP contribution in [0.25, 0.3) is 0 Å². The van der Waals surface area contributed by atoms with Crippen LogP contribution in [0.5, 0.6) is 0 Å². The van der Waals surface area contributed by atoms with E-state index in [1.807, 2.05) is 0 Å². The average Bonchev–Trinajstić information content (AvgIpc) is 3.50. The van der Waals surface area contributed by atoms with Gasteiger partial charge in [0, 0.05) is 5.69 Å². The Balaban J connectivity index is 1.24. The Morgan fingerprint density at radius 2 is 1.62 bits per heavy atom. The molecule has 1 N–H and O–H groups in total. The minimum Gasteiger partial charge on any atom is -0.462 e. The third-order valence-corrected chi connectivity index (χ3v) is 6.74. The lowest BCUT2D eigenvalue weighted by molar-refractivity contribution is -0.142. The summed E-state index contributed by atoms with van der Waals surface area (Å²) in [5.74, 6) is -0.498. The van der Waals surface area contributed by atoms with Gasteiger partial charge in [0.15, 0.2) is 0 Å². The van der Waals surface area contributed by atoms with Gasteiger partial charge >= 0.3 is 5.97 Å². The minimum atomic E-state index is -0.431. The first kappa shape index (κ1) is 18.1. The number of hydrogen-bond donors (Lipinski definition) is 1. The molecule has 3 amide bonds. The van der Waals surface area contributed by atoms with E-state index in [0.717, 1.165) is 11.3 Å². The van der Waals surface area contributed by atoms with E-state index in [2.05, 4.69) is 17.5 Å². The normalized spacial score (nSPS) is 33.3. The number of nitrogens with one attached hydrogen (secondary N) is 1. The van der Waals surface area contributed by atoms with E-state index in [9.17, 15) is 19.2 Å². The number of ether oxygens (including phenoxy) is 1. The molecule has 0 unspecified atom stereocenters. The van der Waals surface area contributed by atoms with Crippen LogP contribution in [-0.2, 0) is 19.1 Å². The van der Waals surface area contributed by atoms with Gasteiger partial charge in [0.05, 0.1) is 24.0 Å². The molecule has 0 spiro atoms. The molecule has 6 rings (SSSR count). The van der Waals surface area contributed by atoms with Crippen LogP contribution in [0, 0.1) is 35.5 Å². The molecule has 150 valence electrons. The molecule has 6 atom stereocenters. The van der Waals surface area contributed by atoms with Crippen LogP contribution in [-0.4, -0.2) is 41.7 Å². The molecule has 0 radical (unpaired) electrons. The Labute approximate surface area is 168 Å². The number of imide groups is 1. The van der Waals surface area contributed by atoms with Crippen molar-refractivity contribution in [3.05, 3.63) is 42.0 Å². The van der Waals surface area contributed by atoms with E-state index in [4.69, 9.17) is 4.74 Å². The zero-order chi connectivity index (χ0) is 20.3. The summed E-state index contributed by atoms with van der Waals surface area (Å²) in [6.45, 7) is 1.74. The molecule has 2 saturated carbocycles. The van der Waals surface area contributed by atoms with Gasteiger partial charge in [0.2, 0.25) is 17.7 Å². The Hall–Kier alpha value is -2.96. The van der Waals surface area contributed by atoms with Gasteiger partial charge in [0.1, 0.15) is 6.54 Å². The van der Waals surface area contributed by atoms with Gasteiger partial charge in [-0.3, -0.25) is 19.3 Å². The molecule has 0 aromatic heterocycles. The minimum absolute atomic E-state index is 0.148. The fourth-order valence-electron chi connectivity index (χ4n) is 5.42. The third kappa shape index (κ3) is 2.79. The van der Waals surface area contributed by atoms with Crippen LogP contribution < -0.4 is 5.32 Å². The lowest BCUT2D eigenvalue weighted by atomic mass is 9.63. The van der Waals surface area contributed by atoms with Gasteiger partial charge in [0.25, 0.3) is 0 Å². The van der Waals surface area contributed by atoms with Gasteiger partial charge in [-0.05, 0) is 61.3 Å².